The summed E-state index contributed by atoms with van der Waals surface area (Å²) in [5.41, 5.74) is 10.6. The minimum Gasteiger partial charge on any atom is -1.00 e. The number of rotatable bonds is 7. The van der Waals surface area contributed by atoms with Crippen molar-refractivity contribution in [1.82, 2.24) is 0 Å². The van der Waals surface area contributed by atoms with Crippen molar-refractivity contribution in [2.75, 3.05) is 11.9 Å². The largest absolute Gasteiger partial charge is 1.00 e. The molecule has 221 valence electrons. The van der Waals surface area contributed by atoms with E-state index in [4.69, 9.17) is 5.73 Å². The molecule has 1 radical (unpaired) electrons. The summed E-state index contributed by atoms with van der Waals surface area (Å²) in [5.74, 6) is 6.15. The van der Waals surface area contributed by atoms with Gasteiger partial charge in [-0.05, 0) is 0 Å². The van der Waals surface area contributed by atoms with Crippen LogP contribution in [0.15, 0.2) is 48.5 Å². The van der Waals surface area contributed by atoms with Crippen LogP contribution in [-0.4, -0.2) is 16.5 Å². The maximum atomic E-state index is 6.79. The number of nitrogen functional groups attached to an aromatic ring is 1. The number of anilines is 1. The molecule has 8 fully saturated rings. The molecule has 2 aromatic carbocycles. The fraction of sp³-hybridized carbons (Fsp3) is 0.667. The molecule has 2 N–H and O–H groups in total. The zero-order chi connectivity index (χ0) is 25.5. The van der Waals surface area contributed by atoms with E-state index in [1.54, 1.807) is 88.8 Å². The predicted molar refractivity (Wildman–Crippen MR) is 166 cm³/mol. The van der Waals surface area contributed by atoms with Crippen LogP contribution < -0.4 is 23.4 Å². The first kappa shape index (κ1) is 29.7. The minimum absolute atomic E-state index is 0. The first-order chi connectivity index (χ1) is 18.5. The van der Waals surface area contributed by atoms with E-state index in [1.807, 2.05) is 5.30 Å². The molecule has 8 bridgehead atoms. The van der Waals surface area contributed by atoms with E-state index in [9.17, 15) is 0 Å². The number of hydrogen-bond acceptors (Lipinski definition) is 1. The van der Waals surface area contributed by atoms with Crippen molar-refractivity contribution in [1.29, 1.82) is 0 Å². The molecule has 0 heterocycles. The summed E-state index contributed by atoms with van der Waals surface area (Å²) in [4.78, 5) is 0. The third-order valence-electron chi connectivity index (χ3n) is 13.4. The molecule has 0 saturated heterocycles. The minimum atomic E-state index is -2.00. The zero-order valence-corrected chi connectivity index (χ0v) is 27.8. The molecule has 0 spiro atoms. The van der Waals surface area contributed by atoms with Crippen molar-refractivity contribution in [3.05, 3.63) is 48.5 Å². The maximum absolute atomic E-state index is 6.79. The van der Waals surface area contributed by atoms with Crippen LogP contribution in [0.3, 0.4) is 0 Å². The van der Waals surface area contributed by atoms with Gasteiger partial charge in [-0.3, -0.25) is 0 Å². The second kappa shape index (κ2) is 11.0. The Kier molecular flexibility index (Phi) is 8.13. The molecule has 10 rings (SSSR count). The summed E-state index contributed by atoms with van der Waals surface area (Å²) < 4.78 is 0. The van der Waals surface area contributed by atoms with Gasteiger partial charge in [0.05, 0.1) is 0 Å². The van der Waals surface area contributed by atoms with Crippen LogP contribution in [0.5, 0.6) is 0 Å². The molecule has 0 aromatic heterocycles. The third kappa shape index (κ3) is 4.28. The van der Waals surface area contributed by atoms with Gasteiger partial charge in [-0.1, -0.05) is 0 Å². The monoisotopic (exact) mass is 668 g/mol. The van der Waals surface area contributed by atoms with Crippen LogP contribution in [0.4, 0.5) is 5.69 Å². The van der Waals surface area contributed by atoms with Gasteiger partial charge in [0.15, 0.2) is 0 Å². The molecular weight excluding hydrogens is 619 g/mol. The topological polar surface area (TPSA) is 26.0 Å². The van der Waals surface area contributed by atoms with E-state index < -0.39 is 7.26 Å². The molecule has 1 nitrogen and oxygen atoms in total. The van der Waals surface area contributed by atoms with Gasteiger partial charge >= 0.3 is 253 Å². The summed E-state index contributed by atoms with van der Waals surface area (Å²) in [6.07, 6.45) is 23.2. The Morgan fingerprint density at radius 1 is 0.650 bits per heavy atom. The van der Waals surface area contributed by atoms with Gasteiger partial charge in [-0.2, -0.15) is 0 Å². The van der Waals surface area contributed by atoms with Crippen LogP contribution in [0.1, 0.15) is 96.8 Å². The fourth-order valence-electron chi connectivity index (χ4n) is 13.3. The van der Waals surface area contributed by atoms with E-state index in [1.165, 1.54) is 18.4 Å². The van der Waals surface area contributed by atoms with Crippen LogP contribution >= 0.6 is 7.26 Å². The Bertz CT molecular complexity index is 1110. The Morgan fingerprint density at radius 2 is 1.05 bits per heavy atom. The molecule has 0 atom stereocenters. The molecule has 0 aliphatic heterocycles. The van der Waals surface area contributed by atoms with Crippen molar-refractivity contribution in [2.45, 2.75) is 107 Å². The summed E-state index contributed by atoms with van der Waals surface area (Å²) in [5, 5.41) is 3.13. The fourth-order valence-corrected chi connectivity index (χ4v) is 22.7. The average molecular weight is 670 g/mol. The van der Waals surface area contributed by atoms with Gasteiger partial charge in [0.1, 0.15) is 0 Å². The number of para-hydroxylation sites is 1. The third-order valence-corrected chi connectivity index (χ3v) is 20.7. The quantitative estimate of drug-likeness (QED) is 0.217. The van der Waals surface area contributed by atoms with Crippen molar-refractivity contribution >= 4 is 18.3 Å². The molecule has 8 aliphatic carbocycles. The molecule has 40 heavy (non-hydrogen) atoms. The second-order valence-corrected chi connectivity index (χ2v) is 20.5. The number of benzene rings is 2. The van der Waals surface area contributed by atoms with E-state index >= 15 is 0 Å². The van der Waals surface area contributed by atoms with E-state index in [0.717, 1.165) is 41.2 Å². The van der Waals surface area contributed by atoms with E-state index in [-0.39, 0.29) is 32.8 Å². The Morgan fingerprint density at radius 3 is 1.48 bits per heavy atom. The summed E-state index contributed by atoms with van der Waals surface area (Å²) in [7, 11) is -2.00. The molecular formula is C36H50ClNPPd. The molecule has 8 aliphatic rings. The van der Waals surface area contributed by atoms with Gasteiger partial charge in [0.2, 0.25) is 0 Å². The number of nitrogens with two attached hydrogens (primary N) is 1. The molecule has 8 saturated carbocycles. The number of unbranched alkanes of at least 4 members (excludes halogenated alkanes) is 1. The standard InChI is InChI=1S/C36H50NP.ClH.Pd/c1-2-3-12-38(35-19-25-13-26(20-35)15-27(14-25)21-35,36-22-28-16-29(23-36)18-30(17-28)24-36)34-11-7-5-9-32(34)31-8-4-6-10-33(31)37;;/h4-11,25-30,38H,2-3,12-24,37H2,1H3;1H;/q;;+1/p-1. The van der Waals surface area contributed by atoms with Gasteiger partial charge < -0.3 is 12.4 Å². The van der Waals surface area contributed by atoms with Crippen LogP contribution in [0.2, 0.25) is 0 Å². The summed E-state index contributed by atoms with van der Waals surface area (Å²) in [6, 6.07) is 18.8. The Labute approximate surface area is 264 Å². The van der Waals surface area contributed by atoms with Crippen molar-refractivity contribution in [3.8, 4) is 11.1 Å². The number of hydrogen-bond donors (Lipinski definition) is 1. The first-order valence-corrected chi connectivity index (χ1v) is 18.7. The molecule has 0 unspecified atom stereocenters. The van der Waals surface area contributed by atoms with Gasteiger partial charge in [0.25, 0.3) is 0 Å². The van der Waals surface area contributed by atoms with Crippen LogP contribution in [-0.2, 0) is 20.4 Å². The Balaban J connectivity index is 0.00000145. The van der Waals surface area contributed by atoms with Gasteiger partial charge in [-0.15, -0.1) is 0 Å². The molecule has 2 aromatic rings. The SMILES string of the molecule is CCCC[PH](c1ccccc1-c1ccccc1N)(C12CC3CC(CC(C3)C1)C2)C12CC3CC(CC(C3)C1)C2.[Cl-].[Pd+]. The summed E-state index contributed by atoms with van der Waals surface area (Å²) >= 11 is 0. The smallest absolute Gasteiger partial charge is 1.00 e. The first-order valence-electron chi connectivity index (χ1n) is 16.5. The van der Waals surface area contributed by atoms with Crippen LogP contribution in [0, 0.1) is 35.5 Å². The van der Waals surface area contributed by atoms with E-state index in [0.29, 0.717) is 10.3 Å². The van der Waals surface area contributed by atoms with Gasteiger partial charge in [0, 0.05) is 0 Å². The van der Waals surface area contributed by atoms with Crippen molar-refractivity contribution in [2.24, 2.45) is 35.5 Å². The Hall–Kier alpha value is -0.378. The number of halogens is 1. The average Bonchev–Trinajstić information content (AvgIpc) is 2.88. The van der Waals surface area contributed by atoms with E-state index in [2.05, 4.69) is 55.5 Å². The maximum Gasteiger partial charge on any atom is 1.00 e. The normalized spacial score (nSPS) is 39.0. The van der Waals surface area contributed by atoms with Gasteiger partial charge in [-0.25, -0.2) is 0 Å². The molecule has 0 amide bonds. The zero-order valence-electron chi connectivity index (χ0n) is 24.5. The summed E-state index contributed by atoms with van der Waals surface area (Å²) in [6.45, 7) is 2.47. The predicted octanol–water partition coefficient (Wildman–Crippen LogP) is 6.05. The van der Waals surface area contributed by atoms with Crippen molar-refractivity contribution < 1.29 is 32.8 Å². The van der Waals surface area contributed by atoms with Crippen molar-refractivity contribution in [3.63, 3.8) is 0 Å². The van der Waals surface area contributed by atoms with Crippen LogP contribution in [0.25, 0.3) is 11.1 Å². The second-order valence-electron chi connectivity index (χ2n) is 15.5. The molecule has 4 heteroatoms.